The van der Waals surface area contributed by atoms with Crippen molar-refractivity contribution in [3.8, 4) is 5.95 Å². The summed E-state index contributed by atoms with van der Waals surface area (Å²) >= 11 is 0. The topological polar surface area (TPSA) is 105 Å². The maximum absolute atomic E-state index is 11.7. The molecule has 1 aromatic carbocycles. The normalized spacial score (nSPS) is 11.0. The van der Waals surface area contributed by atoms with Gasteiger partial charge in [0.2, 0.25) is 5.95 Å². The number of anilines is 1. The van der Waals surface area contributed by atoms with Crippen LogP contribution in [0.1, 0.15) is 0 Å². The van der Waals surface area contributed by atoms with Crippen LogP contribution >= 0.6 is 0 Å². The Kier molecular flexibility index (Phi) is 1.61. The number of nitrogens with one attached hydrogen (secondary N) is 2. The van der Waals surface area contributed by atoms with Crippen LogP contribution in [0, 0.1) is 0 Å². The maximum Gasteiger partial charge on any atom is 0.333 e. The zero-order valence-electron chi connectivity index (χ0n) is 8.14. The van der Waals surface area contributed by atoms with Crippen LogP contribution in [0.5, 0.6) is 0 Å². The van der Waals surface area contributed by atoms with Crippen molar-refractivity contribution in [2.75, 3.05) is 5.73 Å². The van der Waals surface area contributed by atoms with Gasteiger partial charge in [-0.2, -0.15) is 10.1 Å². The zero-order chi connectivity index (χ0) is 11.1. The Morgan fingerprint density at radius 1 is 1.38 bits per heavy atom. The first-order valence-corrected chi connectivity index (χ1v) is 4.62. The van der Waals surface area contributed by atoms with Gasteiger partial charge >= 0.3 is 5.69 Å². The first-order chi connectivity index (χ1) is 7.75. The SMILES string of the molecule is Nc1ccc2c(c1)[nH]c(=O)n2-c1ncn[nH]1. The van der Waals surface area contributed by atoms with E-state index in [1.807, 2.05) is 0 Å². The van der Waals surface area contributed by atoms with Crippen LogP contribution in [-0.4, -0.2) is 24.7 Å². The molecule has 0 amide bonds. The fourth-order valence-electron chi connectivity index (χ4n) is 1.65. The van der Waals surface area contributed by atoms with Crippen molar-refractivity contribution in [1.29, 1.82) is 0 Å². The summed E-state index contributed by atoms with van der Waals surface area (Å²) in [6.07, 6.45) is 1.35. The monoisotopic (exact) mass is 216 g/mol. The van der Waals surface area contributed by atoms with E-state index in [0.29, 0.717) is 22.7 Å². The Balaban J connectivity index is 2.41. The molecule has 7 heteroatoms. The quantitative estimate of drug-likeness (QED) is 0.498. The highest BCUT2D eigenvalue weighted by Gasteiger charge is 2.10. The van der Waals surface area contributed by atoms with Crippen molar-refractivity contribution in [3.63, 3.8) is 0 Å². The molecule has 0 radical (unpaired) electrons. The minimum atomic E-state index is -0.280. The maximum atomic E-state index is 11.7. The summed E-state index contributed by atoms with van der Waals surface area (Å²) in [5.74, 6) is 0.376. The van der Waals surface area contributed by atoms with Gasteiger partial charge in [-0.05, 0) is 18.2 Å². The number of nitrogens with zero attached hydrogens (tertiary/aromatic N) is 3. The van der Waals surface area contributed by atoms with Gasteiger partial charge in [0.05, 0.1) is 11.0 Å². The molecule has 0 aliphatic heterocycles. The number of fused-ring (bicyclic) bond motifs is 1. The van der Waals surface area contributed by atoms with Crippen molar-refractivity contribution < 1.29 is 0 Å². The van der Waals surface area contributed by atoms with Gasteiger partial charge in [0.15, 0.2) is 0 Å². The number of aromatic amines is 2. The average Bonchev–Trinajstić information content (AvgIpc) is 2.83. The minimum absolute atomic E-state index is 0.280. The van der Waals surface area contributed by atoms with Gasteiger partial charge in [0, 0.05) is 5.69 Å². The van der Waals surface area contributed by atoms with E-state index in [2.05, 4.69) is 20.2 Å². The van der Waals surface area contributed by atoms with Crippen LogP contribution in [0.3, 0.4) is 0 Å². The molecule has 3 rings (SSSR count). The second-order valence-corrected chi connectivity index (χ2v) is 3.35. The van der Waals surface area contributed by atoms with Crippen molar-refractivity contribution in [2.24, 2.45) is 0 Å². The van der Waals surface area contributed by atoms with E-state index in [4.69, 9.17) is 5.73 Å². The molecule has 80 valence electrons. The number of benzene rings is 1. The van der Waals surface area contributed by atoms with Crippen LogP contribution < -0.4 is 11.4 Å². The lowest BCUT2D eigenvalue weighted by molar-refractivity contribution is 0.915. The predicted octanol–water partition coefficient (Wildman–Crippen LogP) is 0.0191. The molecular weight excluding hydrogens is 208 g/mol. The molecule has 0 spiro atoms. The van der Waals surface area contributed by atoms with Gasteiger partial charge < -0.3 is 10.7 Å². The summed E-state index contributed by atoms with van der Waals surface area (Å²) in [5, 5.41) is 6.35. The van der Waals surface area contributed by atoms with Gasteiger partial charge in [-0.15, -0.1) is 0 Å². The van der Waals surface area contributed by atoms with Gasteiger partial charge in [0.1, 0.15) is 6.33 Å². The lowest BCUT2D eigenvalue weighted by atomic mass is 10.3. The number of hydrogen-bond donors (Lipinski definition) is 3. The van der Waals surface area contributed by atoms with Gasteiger partial charge in [-0.25, -0.2) is 14.5 Å². The summed E-state index contributed by atoms with van der Waals surface area (Å²) in [6, 6.07) is 5.18. The first kappa shape index (κ1) is 8.72. The number of hydrogen-bond acceptors (Lipinski definition) is 4. The number of imidazole rings is 1. The third-order valence-electron chi connectivity index (χ3n) is 2.32. The number of H-pyrrole nitrogens is 2. The average molecular weight is 216 g/mol. The molecule has 0 unspecified atom stereocenters. The van der Waals surface area contributed by atoms with Crippen molar-refractivity contribution in [1.82, 2.24) is 24.7 Å². The lowest BCUT2D eigenvalue weighted by Crippen LogP contribution is -2.15. The van der Waals surface area contributed by atoms with Crippen LogP contribution in [0.4, 0.5) is 5.69 Å². The highest BCUT2D eigenvalue weighted by Crippen LogP contribution is 2.15. The summed E-state index contributed by atoms with van der Waals surface area (Å²) in [4.78, 5) is 18.4. The van der Waals surface area contributed by atoms with E-state index in [0.717, 1.165) is 0 Å². The van der Waals surface area contributed by atoms with E-state index in [1.54, 1.807) is 18.2 Å². The molecule has 2 heterocycles. The molecule has 0 aliphatic rings. The van der Waals surface area contributed by atoms with E-state index in [1.165, 1.54) is 10.9 Å². The molecular formula is C9H8N6O. The Labute approximate surface area is 88.9 Å². The lowest BCUT2D eigenvalue weighted by Gasteiger charge is -1.97. The largest absolute Gasteiger partial charge is 0.399 e. The third-order valence-corrected chi connectivity index (χ3v) is 2.32. The Morgan fingerprint density at radius 3 is 3.00 bits per heavy atom. The second-order valence-electron chi connectivity index (χ2n) is 3.35. The Morgan fingerprint density at radius 2 is 2.25 bits per heavy atom. The number of nitrogens with two attached hydrogens (primary N) is 1. The summed E-state index contributed by atoms with van der Waals surface area (Å²) < 4.78 is 1.40. The molecule has 0 saturated carbocycles. The molecule has 3 aromatic rings. The summed E-state index contributed by atoms with van der Waals surface area (Å²) in [5.41, 5.74) is 7.32. The number of rotatable bonds is 1. The van der Waals surface area contributed by atoms with E-state index in [9.17, 15) is 4.79 Å². The van der Waals surface area contributed by atoms with E-state index >= 15 is 0 Å². The molecule has 7 nitrogen and oxygen atoms in total. The Hall–Kier alpha value is -2.57. The zero-order valence-corrected chi connectivity index (χ0v) is 8.14. The Bertz CT molecular complexity index is 692. The molecule has 2 aromatic heterocycles. The van der Waals surface area contributed by atoms with Crippen molar-refractivity contribution in [2.45, 2.75) is 0 Å². The van der Waals surface area contributed by atoms with Crippen molar-refractivity contribution >= 4 is 16.7 Å². The van der Waals surface area contributed by atoms with Crippen LogP contribution in [0.15, 0.2) is 29.3 Å². The van der Waals surface area contributed by atoms with Gasteiger partial charge in [0.25, 0.3) is 0 Å². The number of nitrogen functional groups attached to an aromatic ring is 1. The minimum Gasteiger partial charge on any atom is -0.399 e. The molecule has 16 heavy (non-hydrogen) atoms. The smallest absolute Gasteiger partial charge is 0.333 e. The summed E-state index contributed by atoms with van der Waals surface area (Å²) in [7, 11) is 0. The van der Waals surface area contributed by atoms with Crippen LogP contribution in [0.2, 0.25) is 0 Å². The standard InChI is InChI=1S/C9H8N6O/c10-5-1-2-7-6(3-5)13-9(16)15(7)8-11-4-12-14-8/h1-4H,10H2,(H,13,16)(H,11,12,14). The third kappa shape index (κ3) is 1.11. The van der Waals surface area contributed by atoms with Crippen LogP contribution in [-0.2, 0) is 0 Å². The van der Waals surface area contributed by atoms with Gasteiger partial charge in [-0.3, -0.25) is 0 Å². The molecule has 0 aliphatic carbocycles. The molecule has 4 N–H and O–H groups in total. The fourth-order valence-corrected chi connectivity index (χ4v) is 1.65. The highest BCUT2D eigenvalue weighted by atomic mass is 16.1. The first-order valence-electron chi connectivity index (χ1n) is 4.62. The predicted molar refractivity (Wildman–Crippen MR) is 58.2 cm³/mol. The highest BCUT2D eigenvalue weighted by molar-refractivity contribution is 5.80. The molecule has 0 atom stereocenters. The van der Waals surface area contributed by atoms with Crippen molar-refractivity contribution in [3.05, 3.63) is 35.0 Å². The van der Waals surface area contributed by atoms with Gasteiger partial charge in [-0.1, -0.05) is 0 Å². The second kappa shape index (κ2) is 2.96. The summed E-state index contributed by atoms with van der Waals surface area (Å²) in [6.45, 7) is 0. The molecule has 0 saturated heterocycles. The number of aromatic nitrogens is 5. The molecule has 0 bridgehead atoms. The fraction of sp³-hybridized carbons (Fsp3) is 0. The molecule has 0 fully saturated rings. The van der Waals surface area contributed by atoms with E-state index < -0.39 is 0 Å². The van der Waals surface area contributed by atoms with E-state index in [-0.39, 0.29) is 5.69 Å². The van der Waals surface area contributed by atoms with Crippen LogP contribution in [0.25, 0.3) is 17.0 Å².